The molecule has 0 amide bonds. The van der Waals surface area contributed by atoms with Gasteiger partial charge in [-0.05, 0) is 12.8 Å². The Morgan fingerprint density at radius 1 is 1.08 bits per heavy atom. The molecule has 0 spiro atoms. The van der Waals surface area contributed by atoms with Gasteiger partial charge in [-0.1, -0.05) is 13.8 Å². The molecule has 0 aromatic rings. The van der Waals surface area contributed by atoms with E-state index < -0.39 is 77.7 Å². The lowest BCUT2D eigenvalue weighted by Crippen LogP contribution is -2.52. The summed E-state index contributed by atoms with van der Waals surface area (Å²) in [5.41, 5.74) is -2.33. The first-order chi connectivity index (χ1) is 12.0. The van der Waals surface area contributed by atoms with Crippen molar-refractivity contribution < 1.29 is 51.3 Å². The summed E-state index contributed by atoms with van der Waals surface area (Å²) in [6.07, 6.45) is -0.970. The molecule has 11 heteroatoms. The van der Waals surface area contributed by atoms with Crippen LogP contribution >= 0.6 is 0 Å². The summed E-state index contributed by atoms with van der Waals surface area (Å²) in [4.78, 5) is 34.1. The first-order valence-electron chi connectivity index (χ1n) is 7.32. The molecule has 0 saturated heterocycles. The average molecular weight is 384 g/mol. The van der Waals surface area contributed by atoms with Gasteiger partial charge in [-0.3, -0.25) is 4.79 Å². The number of halogens is 5. The molecule has 26 heavy (non-hydrogen) atoms. The fourth-order valence-corrected chi connectivity index (χ4v) is 2.98. The fourth-order valence-electron chi connectivity index (χ4n) is 2.98. The number of alkyl halides is 2. The molecule has 146 valence electrons. The summed E-state index contributed by atoms with van der Waals surface area (Å²) in [6.45, 7) is -1.41. The molecule has 1 rings (SSSR count). The van der Waals surface area contributed by atoms with Gasteiger partial charge in [0.05, 0.1) is 23.8 Å². The van der Waals surface area contributed by atoms with Crippen molar-refractivity contribution in [3.8, 4) is 0 Å². The third-order valence-electron chi connectivity index (χ3n) is 4.36. The van der Waals surface area contributed by atoms with Crippen LogP contribution in [0, 0.1) is 17.3 Å². The van der Waals surface area contributed by atoms with Crippen molar-refractivity contribution in [3.05, 3.63) is 23.2 Å². The number of ketones is 1. The Hall–Kier alpha value is -2.46. The Bertz CT molecular complexity index is 666. The van der Waals surface area contributed by atoms with E-state index in [1.54, 1.807) is 0 Å². The van der Waals surface area contributed by atoms with E-state index in [0.29, 0.717) is 0 Å². The third-order valence-corrected chi connectivity index (χ3v) is 4.36. The standard InChI is InChI=1S/C15H15F5O6/c1-3-15(4-2)6(9(21)5(12(22)23)13(24)25)7(16)10(26-14(19)20)8(17)11(15)18/h5-6,14H,3-4H2,1-2H3,(H,22,23)(H,24,25)/p-2. The van der Waals surface area contributed by atoms with Crippen molar-refractivity contribution in [1.82, 2.24) is 0 Å². The minimum Gasteiger partial charge on any atom is -0.549 e. The van der Waals surface area contributed by atoms with Gasteiger partial charge in [-0.25, -0.2) is 8.78 Å². The van der Waals surface area contributed by atoms with E-state index in [-0.39, 0.29) is 0 Å². The predicted molar refractivity (Wildman–Crippen MR) is 69.5 cm³/mol. The maximum atomic E-state index is 14.6. The quantitative estimate of drug-likeness (QED) is 0.450. The number of carboxylic acids is 2. The topological polar surface area (TPSA) is 107 Å². The van der Waals surface area contributed by atoms with Gasteiger partial charge in [0.15, 0.2) is 23.2 Å². The van der Waals surface area contributed by atoms with Crippen LogP contribution in [0.25, 0.3) is 0 Å². The lowest BCUT2D eigenvalue weighted by atomic mass is 9.64. The molecule has 1 aliphatic carbocycles. The summed E-state index contributed by atoms with van der Waals surface area (Å²) >= 11 is 0. The SMILES string of the molecule is CCC1(CC)C(F)=C(F)C(OC(F)F)=C(F)C1C(=O)C(C(=O)[O-])C(=O)[O-]. The summed E-state index contributed by atoms with van der Waals surface area (Å²) in [5, 5.41) is 21.8. The molecule has 0 aromatic carbocycles. The average Bonchev–Trinajstić information content (AvgIpc) is 2.53. The van der Waals surface area contributed by atoms with Crippen LogP contribution in [-0.4, -0.2) is 24.3 Å². The van der Waals surface area contributed by atoms with Gasteiger partial charge >= 0.3 is 6.61 Å². The molecule has 1 unspecified atom stereocenters. The molecule has 0 aliphatic heterocycles. The first-order valence-corrected chi connectivity index (χ1v) is 7.32. The highest BCUT2D eigenvalue weighted by Gasteiger charge is 2.55. The number of carbonyl (C=O) groups excluding carboxylic acids is 3. The van der Waals surface area contributed by atoms with E-state index in [2.05, 4.69) is 4.74 Å². The van der Waals surface area contributed by atoms with Crippen LogP contribution in [0.2, 0.25) is 0 Å². The molecule has 0 aromatic heterocycles. The maximum absolute atomic E-state index is 14.6. The van der Waals surface area contributed by atoms with Crippen LogP contribution < -0.4 is 10.2 Å². The molecule has 6 nitrogen and oxygen atoms in total. The van der Waals surface area contributed by atoms with Gasteiger partial charge < -0.3 is 24.5 Å². The van der Waals surface area contributed by atoms with Gasteiger partial charge in [0.25, 0.3) is 0 Å². The number of hydrogen-bond donors (Lipinski definition) is 0. The van der Waals surface area contributed by atoms with Crippen LogP contribution in [0.4, 0.5) is 22.0 Å². The Morgan fingerprint density at radius 2 is 1.54 bits per heavy atom. The molecule has 0 fully saturated rings. The summed E-state index contributed by atoms with van der Waals surface area (Å²) in [6, 6.07) is 0. The molecular weight excluding hydrogens is 371 g/mol. The Labute approximate surface area is 143 Å². The molecule has 0 bridgehead atoms. The normalized spacial score (nSPS) is 20.0. The van der Waals surface area contributed by atoms with E-state index in [4.69, 9.17) is 0 Å². The van der Waals surface area contributed by atoms with Crippen molar-refractivity contribution in [1.29, 1.82) is 0 Å². The van der Waals surface area contributed by atoms with Crippen molar-refractivity contribution in [2.24, 2.45) is 17.3 Å². The predicted octanol–water partition coefficient (Wildman–Crippen LogP) is 0.679. The Morgan fingerprint density at radius 3 is 1.88 bits per heavy atom. The van der Waals surface area contributed by atoms with Gasteiger partial charge in [-0.15, -0.1) is 0 Å². The second-order valence-electron chi connectivity index (χ2n) is 5.45. The summed E-state index contributed by atoms with van der Waals surface area (Å²) in [7, 11) is 0. The number of rotatable bonds is 8. The molecule has 1 atom stereocenters. The summed E-state index contributed by atoms with van der Waals surface area (Å²) < 4.78 is 71.5. The molecular formula is C15H13F5O6-2. The van der Waals surface area contributed by atoms with Crippen molar-refractivity contribution in [3.63, 3.8) is 0 Å². The first kappa shape index (κ1) is 21.6. The Balaban J connectivity index is 3.71. The zero-order valence-electron chi connectivity index (χ0n) is 13.5. The van der Waals surface area contributed by atoms with Crippen LogP contribution in [0.1, 0.15) is 26.7 Å². The summed E-state index contributed by atoms with van der Waals surface area (Å²) in [5.74, 6) is -20.4. The smallest absolute Gasteiger partial charge is 0.387 e. The number of carbonyl (C=O) groups is 3. The van der Waals surface area contributed by atoms with Crippen molar-refractivity contribution in [2.45, 2.75) is 33.3 Å². The zero-order chi connectivity index (χ0) is 20.4. The highest BCUT2D eigenvalue weighted by molar-refractivity contribution is 6.14. The lowest BCUT2D eigenvalue weighted by molar-refractivity contribution is -0.329. The Kier molecular flexibility index (Phi) is 6.50. The molecule has 0 saturated carbocycles. The third kappa shape index (κ3) is 3.42. The van der Waals surface area contributed by atoms with Crippen molar-refractivity contribution >= 4 is 17.7 Å². The number of ether oxygens (including phenoxy) is 1. The molecule has 1 aliphatic rings. The minimum absolute atomic E-state index is 0.485. The molecule has 0 N–H and O–H groups in total. The van der Waals surface area contributed by atoms with Crippen LogP contribution in [0.3, 0.4) is 0 Å². The maximum Gasteiger partial charge on any atom is 0.387 e. The van der Waals surface area contributed by atoms with E-state index in [0.717, 1.165) is 0 Å². The van der Waals surface area contributed by atoms with Crippen LogP contribution in [-0.2, 0) is 19.1 Å². The number of hydrogen-bond acceptors (Lipinski definition) is 6. The van der Waals surface area contributed by atoms with Gasteiger partial charge in [0.1, 0.15) is 5.83 Å². The van der Waals surface area contributed by atoms with Crippen LogP contribution in [0.15, 0.2) is 23.2 Å². The van der Waals surface area contributed by atoms with E-state index >= 15 is 0 Å². The number of allylic oxidation sites excluding steroid dienone is 3. The monoisotopic (exact) mass is 384 g/mol. The van der Waals surface area contributed by atoms with Crippen molar-refractivity contribution in [2.75, 3.05) is 0 Å². The number of carboxylic acid groups (broad SMARTS) is 2. The number of aliphatic carboxylic acids is 2. The van der Waals surface area contributed by atoms with E-state index in [9.17, 15) is 46.5 Å². The molecule has 0 radical (unpaired) electrons. The van der Waals surface area contributed by atoms with E-state index in [1.165, 1.54) is 13.8 Å². The van der Waals surface area contributed by atoms with E-state index in [1.807, 2.05) is 0 Å². The zero-order valence-corrected chi connectivity index (χ0v) is 13.5. The number of Topliss-reactive ketones (excluding diaryl/α,β-unsaturated/α-hetero) is 1. The fraction of sp³-hybridized carbons (Fsp3) is 0.533. The lowest BCUT2D eigenvalue weighted by Gasteiger charge is -2.41. The molecule has 0 heterocycles. The van der Waals surface area contributed by atoms with Gasteiger partial charge in [-0.2, -0.15) is 13.2 Å². The second-order valence-corrected chi connectivity index (χ2v) is 5.45. The van der Waals surface area contributed by atoms with Gasteiger partial charge in [0.2, 0.25) is 0 Å². The van der Waals surface area contributed by atoms with Gasteiger partial charge in [0, 0.05) is 5.41 Å². The minimum atomic E-state index is -3.79. The second kappa shape index (κ2) is 7.83. The van der Waals surface area contributed by atoms with Crippen LogP contribution in [0.5, 0.6) is 0 Å². The highest BCUT2D eigenvalue weighted by atomic mass is 19.3. The largest absolute Gasteiger partial charge is 0.549 e. The highest BCUT2D eigenvalue weighted by Crippen LogP contribution is 2.54.